The molecule has 0 amide bonds. The molecule has 0 radical (unpaired) electrons. The molecule has 20 heavy (non-hydrogen) atoms. The largest absolute Gasteiger partial charge is 0.398 e. The molecule has 1 aromatic carbocycles. The van der Waals surface area contributed by atoms with Crippen LogP contribution in [0, 0.1) is 5.82 Å². The summed E-state index contributed by atoms with van der Waals surface area (Å²) in [5, 5.41) is 0. The molecular weight excluding hydrogens is 375 g/mol. The van der Waals surface area contributed by atoms with E-state index in [4.69, 9.17) is 5.73 Å². The molecular formula is C10H14BrFN2O4S2. The van der Waals surface area contributed by atoms with Crippen molar-refractivity contribution >= 4 is 41.5 Å². The number of anilines is 1. The van der Waals surface area contributed by atoms with Crippen molar-refractivity contribution in [2.24, 2.45) is 0 Å². The van der Waals surface area contributed by atoms with Gasteiger partial charge in [-0.1, -0.05) is 0 Å². The summed E-state index contributed by atoms with van der Waals surface area (Å²) in [6, 6.07) is 1.96. The second-order valence-electron chi connectivity index (χ2n) is 4.19. The highest BCUT2D eigenvalue weighted by atomic mass is 79.9. The summed E-state index contributed by atoms with van der Waals surface area (Å²) in [5.74, 6) is -0.795. The van der Waals surface area contributed by atoms with Gasteiger partial charge in [0.05, 0.1) is 15.9 Å². The van der Waals surface area contributed by atoms with Crippen LogP contribution in [0.15, 0.2) is 21.5 Å². The van der Waals surface area contributed by atoms with Gasteiger partial charge in [0.2, 0.25) is 10.0 Å². The molecule has 0 aromatic heterocycles. The Bertz CT molecular complexity index is 704. The molecule has 6 nitrogen and oxygen atoms in total. The average molecular weight is 389 g/mol. The number of rotatable bonds is 6. The maximum atomic E-state index is 13.2. The molecule has 10 heteroatoms. The molecule has 0 aliphatic carbocycles. The number of nitrogen functional groups attached to an aromatic ring is 1. The van der Waals surface area contributed by atoms with Gasteiger partial charge in [-0.05, 0) is 34.5 Å². The van der Waals surface area contributed by atoms with Gasteiger partial charge in [-0.15, -0.1) is 0 Å². The molecule has 0 unspecified atom stereocenters. The van der Waals surface area contributed by atoms with E-state index < -0.39 is 25.7 Å². The van der Waals surface area contributed by atoms with Crippen molar-refractivity contribution in [3.63, 3.8) is 0 Å². The molecule has 0 aliphatic rings. The summed E-state index contributed by atoms with van der Waals surface area (Å²) >= 11 is 2.88. The summed E-state index contributed by atoms with van der Waals surface area (Å²) in [6.07, 6.45) is 1.21. The third-order valence-electron chi connectivity index (χ3n) is 2.33. The second kappa shape index (κ2) is 6.37. The van der Waals surface area contributed by atoms with Crippen molar-refractivity contribution in [3.05, 3.63) is 22.4 Å². The molecule has 0 atom stereocenters. The summed E-state index contributed by atoms with van der Waals surface area (Å²) in [5.41, 5.74) is 5.25. The summed E-state index contributed by atoms with van der Waals surface area (Å²) in [4.78, 5) is -0.259. The number of nitrogens with one attached hydrogen (secondary N) is 1. The van der Waals surface area contributed by atoms with Gasteiger partial charge in [0, 0.05) is 12.8 Å². The van der Waals surface area contributed by atoms with E-state index in [0.29, 0.717) is 0 Å². The summed E-state index contributed by atoms with van der Waals surface area (Å²) < 4.78 is 61.1. The van der Waals surface area contributed by atoms with Crippen LogP contribution in [0.4, 0.5) is 10.1 Å². The molecule has 0 heterocycles. The molecule has 0 fully saturated rings. The van der Waals surface area contributed by atoms with Crippen LogP contribution in [-0.2, 0) is 19.9 Å². The zero-order chi connectivity index (χ0) is 15.6. The monoisotopic (exact) mass is 388 g/mol. The Morgan fingerprint density at radius 1 is 1.30 bits per heavy atom. The lowest BCUT2D eigenvalue weighted by Gasteiger charge is -2.10. The summed E-state index contributed by atoms with van der Waals surface area (Å²) in [6.45, 7) is -0.0517. The first-order chi connectivity index (χ1) is 9.03. The molecule has 0 bridgehead atoms. The number of nitrogens with two attached hydrogens (primary N) is 1. The first-order valence-electron chi connectivity index (χ1n) is 5.45. The van der Waals surface area contributed by atoms with Crippen molar-refractivity contribution in [2.75, 3.05) is 24.3 Å². The Kier molecular flexibility index (Phi) is 5.53. The molecule has 0 aliphatic heterocycles. The lowest BCUT2D eigenvalue weighted by atomic mass is 10.3. The first-order valence-corrected chi connectivity index (χ1v) is 9.78. The lowest BCUT2D eigenvalue weighted by Crippen LogP contribution is -2.27. The maximum absolute atomic E-state index is 13.2. The van der Waals surface area contributed by atoms with Crippen molar-refractivity contribution in [2.45, 2.75) is 11.3 Å². The van der Waals surface area contributed by atoms with Gasteiger partial charge in [-0.3, -0.25) is 0 Å². The third kappa shape index (κ3) is 5.00. The van der Waals surface area contributed by atoms with Crippen molar-refractivity contribution in [1.29, 1.82) is 0 Å². The van der Waals surface area contributed by atoms with E-state index in [9.17, 15) is 21.2 Å². The highest BCUT2D eigenvalue weighted by molar-refractivity contribution is 9.10. The molecule has 1 aromatic rings. The van der Waals surface area contributed by atoms with Crippen LogP contribution in [0.2, 0.25) is 0 Å². The van der Waals surface area contributed by atoms with Crippen LogP contribution in [0.3, 0.4) is 0 Å². The Hall–Kier alpha value is -0.710. The molecule has 3 N–H and O–H groups in total. The molecule has 0 saturated heterocycles. The SMILES string of the molecule is CS(=O)(=O)CCCNS(=O)(=O)c1cc(Br)c(F)cc1N. The van der Waals surface area contributed by atoms with Crippen LogP contribution in [-0.4, -0.2) is 35.4 Å². The Morgan fingerprint density at radius 3 is 2.45 bits per heavy atom. The predicted octanol–water partition coefficient (Wildman–Crippen LogP) is 0.883. The number of benzene rings is 1. The molecule has 1 rings (SSSR count). The lowest BCUT2D eigenvalue weighted by molar-refractivity contribution is 0.576. The van der Waals surface area contributed by atoms with Gasteiger partial charge in [0.1, 0.15) is 20.5 Å². The fraction of sp³-hybridized carbons (Fsp3) is 0.400. The highest BCUT2D eigenvalue weighted by Crippen LogP contribution is 2.25. The average Bonchev–Trinajstić information content (AvgIpc) is 2.28. The Morgan fingerprint density at radius 2 is 1.90 bits per heavy atom. The Labute approximate surface area is 125 Å². The minimum absolute atomic E-state index is 0.0248. The van der Waals surface area contributed by atoms with Gasteiger partial charge in [0.25, 0.3) is 0 Å². The van der Waals surface area contributed by atoms with Gasteiger partial charge < -0.3 is 5.73 Å². The second-order valence-corrected chi connectivity index (χ2v) is 9.03. The quantitative estimate of drug-likeness (QED) is 0.555. The van der Waals surface area contributed by atoms with Crippen LogP contribution in [0.25, 0.3) is 0 Å². The van der Waals surface area contributed by atoms with Gasteiger partial charge >= 0.3 is 0 Å². The van der Waals surface area contributed by atoms with Crippen LogP contribution < -0.4 is 10.5 Å². The van der Waals surface area contributed by atoms with Crippen LogP contribution in [0.5, 0.6) is 0 Å². The normalized spacial score (nSPS) is 12.6. The maximum Gasteiger partial charge on any atom is 0.242 e. The number of sulfone groups is 1. The third-order valence-corrected chi connectivity index (χ3v) is 5.48. The van der Waals surface area contributed by atoms with E-state index in [1.165, 1.54) is 0 Å². The van der Waals surface area contributed by atoms with E-state index in [2.05, 4.69) is 20.7 Å². The Balaban J connectivity index is 2.82. The topological polar surface area (TPSA) is 106 Å². The minimum Gasteiger partial charge on any atom is -0.398 e. The van der Waals surface area contributed by atoms with Crippen LogP contribution in [0.1, 0.15) is 6.42 Å². The molecule has 0 spiro atoms. The zero-order valence-electron chi connectivity index (χ0n) is 10.6. The highest BCUT2D eigenvalue weighted by Gasteiger charge is 2.19. The molecule has 114 valence electrons. The van der Waals surface area contributed by atoms with E-state index in [1.54, 1.807) is 0 Å². The first kappa shape index (κ1) is 17.3. The van der Waals surface area contributed by atoms with E-state index in [1.807, 2.05) is 0 Å². The zero-order valence-corrected chi connectivity index (χ0v) is 13.8. The van der Waals surface area contributed by atoms with Crippen molar-refractivity contribution in [1.82, 2.24) is 4.72 Å². The van der Waals surface area contributed by atoms with Crippen molar-refractivity contribution < 1.29 is 21.2 Å². The van der Waals surface area contributed by atoms with Gasteiger partial charge in [-0.25, -0.2) is 25.9 Å². The molecule has 0 saturated carbocycles. The standard InChI is InChI=1S/C10H14BrFN2O4S2/c1-19(15,16)4-2-3-14-20(17,18)10-5-7(11)8(12)6-9(10)13/h5-6,14H,2-4,13H2,1H3. The van der Waals surface area contributed by atoms with Crippen LogP contribution >= 0.6 is 15.9 Å². The smallest absolute Gasteiger partial charge is 0.242 e. The number of hydrogen-bond donors (Lipinski definition) is 2. The van der Waals surface area contributed by atoms with Gasteiger partial charge in [0.15, 0.2) is 0 Å². The number of hydrogen-bond acceptors (Lipinski definition) is 5. The van der Waals surface area contributed by atoms with Crippen molar-refractivity contribution in [3.8, 4) is 0 Å². The number of sulfonamides is 1. The predicted molar refractivity (Wildman–Crippen MR) is 78.0 cm³/mol. The summed E-state index contributed by atoms with van der Waals surface area (Å²) in [7, 11) is -7.06. The fourth-order valence-electron chi connectivity index (χ4n) is 1.40. The van der Waals surface area contributed by atoms with E-state index in [-0.39, 0.29) is 33.8 Å². The minimum atomic E-state index is -3.91. The van der Waals surface area contributed by atoms with Gasteiger partial charge in [-0.2, -0.15) is 0 Å². The van der Waals surface area contributed by atoms with E-state index in [0.717, 1.165) is 18.4 Å². The number of halogens is 2. The fourth-order valence-corrected chi connectivity index (χ4v) is 3.77. The van der Waals surface area contributed by atoms with E-state index >= 15 is 0 Å².